The zero-order chi connectivity index (χ0) is 22.2. The van der Waals surface area contributed by atoms with Crippen LogP contribution in [0.4, 0.5) is 4.39 Å². The second-order valence-electron chi connectivity index (χ2n) is 7.92. The summed E-state index contributed by atoms with van der Waals surface area (Å²) >= 11 is 0. The van der Waals surface area contributed by atoms with E-state index in [2.05, 4.69) is 30.1 Å². The Morgan fingerprint density at radius 2 is 1.88 bits per heavy atom. The number of aromatic amines is 2. The molecule has 32 heavy (non-hydrogen) atoms. The molecule has 6 nitrogen and oxygen atoms in total. The summed E-state index contributed by atoms with van der Waals surface area (Å²) in [5.74, 6) is -0.278. The molecule has 0 aliphatic carbocycles. The molecule has 0 amide bonds. The van der Waals surface area contributed by atoms with E-state index < -0.39 is 0 Å². The van der Waals surface area contributed by atoms with Gasteiger partial charge in [-0.05, 0) is 56.2 Å². The van der Waals surface area contributed by atoms with E-state index in [-0.39, 0.29) is 5.82 Å². The number of aromatic nitrogens is 5. The highest BCUT2D eigenvalue weighted by Gasteiger charge is 2.15. The van der Waals surface area contributed by atoms with Gasteiger partial charge in [-0.1, -0.05) is 12.1 Å². The normalized spacial score (nSPS) is 11.9. The number of rotatable bonds is 4. The summed E-state index contributed by atoms with van der Waals surface area (Å²) in [6, 6.07) is 10.6. The van der Waals surface area contributed by atoms with Gasteiger partial charge >= 0.3 is 0 Å². The maximum Gasteiger partial charge on any atom is 0.123 e. The maximum absolute atomic E-state index is 13.8. The Labute approximate surface area is 184 Å². The number of nitrogens with one attached hydrogen (secondary N) is 2. The second kappa shape index (κ2) is 7.85. The average Bonchev–Trinajstić information content (AvgIpc) is 3.40. The summed E-state index contributed by atoms with van der Waals surface area (Å²) in [7, 11) is 0. The third kappa shape index (κ3) is 3.58. The molecular weight excluding hydrogens is 403 g/mol. The zero-order valence-electron chi connectivity index (χ0n) is 17.9. The highest BCUT2D eigenvalue weighted by molar-refractivity contribution is 6.00. The van der Waals surface area contributed by atoms with E-state index >= 15 is 0 Å². The Morgan fingerprint density at radius 1 is 1.00 bits per heavy atom. The topological polar surface area (TPSA) is 82.6 Å². The molecule has 0 saturated heterocycles. The molecule has 0 spiro atoms. The fourth-order valence-corrected chi connectivity index (χ4v) is 3.69. The molecule has 1 aromatic carbocycles. The lowest BCUT2D eigenvalue weighted by atomic mass is 10.0. The van der Waals surface area contributed by atoms with Gasteiger partial charge in [-0.25, -0.2) is 4.39 Å². The molecule has 4 heterocycles. The zero-order valence-corrected chi connectivity index (χ0v) is 17.9. The second-order valence-corrected chi connectivity index (χ2v) is 7.92. The van der Waals surface area contributed by atoms with Crippen LogP contribution in [0.3, 0.4) is 0 Å². The summed E-state index contributed by atoms with van der Waals surface area (Å²) in [5, 5.41) is 9.49. The van der Waals surface area contributed by atoms with Crippen LogP contribution >= 0.6 is 0 Å². The standard InChI is InChI=1S/C25H21FN6/c1-14(2)28-10-15(3)21-9-19-24(13-29-21)31-32-25(19)22-8-18-20(11-27-12-23(18)30-22)16-5-4-6-17(26)7-16/h4-13,30H,1-3H3,(H,31,32)/b15-10+. The molecule has 0 fully saturated rings. The van der Waals surface area contributed by atoms with Gasteiger partial charge in [-0.15, -0.1) is 0 Å². The number of allylic oxidation sites excluding steroid dienone is 1. The molecule has 0 unspecified atom stereocenters. The first-order chi connectivity index (χ1) is 15.5. The fourth-order valence-electron chi connectivity index (χ4n) is 3.69. The molecule has 0 aliphatic rings. The van der Waals surface area contributed by atoms with Gasteiger partial charge < -0.3 is 4.98 Å². The molecule has 4 aromatic heterocycles. The van der Waals surface area contributed by atoms with Crippen LogP contribution in [0.2, 0.25) is 0 Å². The van der Waals surface area contributed by atoms with Crippen LogP contribution in [0.25, 0.3) is 49.9 Å². The van der Waals surface area contributed by atoms with Gasteiger partial charge in [-0.3, -0.25) is 20.1 Å². The summed E-state index contributed by atoms with van der Waals surface area (Å²) in [6.45, 7) is 5.90. The molecule has 0 saturated carbocycles. The molecule has 2 N–H and O–H groups in total. The van der Waals surface area contributed by atoms with Crippen molar-refractivity contribution in [2.45, 2.75) is 20.8 Å². The monoisotopic (exact) mass is 424 g/mol. The molecular formula is C25H21FN6. The van der Waals surface area contributed by atoms with Crippen LogP contribution in [0.5, 0.6) is 0 Å². The quantitative estimate of drug-likeness (QED) is 0.340. The van der Waals surface area contributed by atoms with E-state index in [1.165, 1.54) is 12.1 Å². The molecule has 5 aromatic rings. The van der Waals surface area contributed by atoms with E-state index in [1.807, 2.05) is 45.2 Å². The van der Waals surface area contributed by atoms with Crippen molar-refractivity contribution < 1.29 is 4.39 Å². The van der Waals surface area contributed by atoms with Gasteiger partial charge in [0.2, 0.25) is 0 Å². The summed E-state index contributed by atoms with van der Waals surface area (Å²) in [4.78, 5) is 16.7. The smallest absolute Gasteiger partial charge is 0.123 e. The van der Waals surface area contributed by atoms with Crippen molar-refractivity contribution in [2.24, 2.45) is 4.99 Å². The highest BCUT2D eigenvalue weighted by Crippen LogP contribution is 2.34. The molecule has 7 heteroatoms. The van der Waals surface area contributed by atoms with Crippen LogP contribution in [0.15, 0.2) is 66.2 Å². The van der Waals surface area contributed by atoms with Crippen molar-refractivity contribution in [1.29, 1.82) is 0 Å². The number of halogens is 1. The van der Waals surface area contributed by atoms with Crippen molar-refractivity contribution in [2.75, 3.05) is 0 Å². The number of H-pyrrole nitrogens is 2. The van der Waals surface area contributed by atoms with Crippen LogP contribution in [0.1, 0.15) is 26.5 Å². The van der Waals surface area contributed by atoms with Gasteiger partial charge in [0.15, 0.2) is 0 Å². The largest absolute Gasteiger partial charge is 0.352 e. The Balaban J connectivity index is 1.63. The van der Waals surface area contributed by atoms with E-state index in [0.717, 1.165) is 61.3 Å². The Hall–Kier alpha value is -4.13. The van der Waals surface area contributed by atoms with E-state index in [0.29, 0.717) is 0 Å². The van der Waals surface area contributed by atoms with Gasteiger partial charge in [0.1, 0.15) is 11.5 Å². The van der Waals surface area contributed by atoms with Crippen LogP contribution in [-0.4, -0.2) is 30.9 Å². The SMILES string of the molecule is CC(C)=N/C=C(\C)c1cc2c(-c3cc4c(-c5cccc(F)c5)cncc4[nH]3)n[nH]c2cn1. The molecule has 0 aliphatic heterocycles. The number of hydrogen-bond acceptors (Lipinski definition) is 4. The van der Waals surface area contributed by atoms with Crippen LogP contribution in [0, 0.1) is 5.82 Å². The number of hydrogen-bond donors (Lipinski definition) is 2. The Morgan fingerprint density at radius 3 is 2.69 bits per heavy atom. The lowest BCUT2D eigenvalue weighted by Crippen LogP contribution is -1.87. The molecule has 0 bridgehead atoms. The van der Waals surface area contributed by atoms with Crippen molar-refractivity contribution in [3.8, 4) is 22.5 Å². The predicted molar refractivity (Wildman–Crippen MR) is 127 cm³/mol. The van der Waals surface area contributed by atoms with Gasteiger partial charge in [-0.2, -0.15) is 5.10 Å². The van der Waals surface area contributed by atoms with Crippen molar-refractivity contribution in [3.63, 3.8) is 0 Å². The van der Waals surface area contributed by atoms with Gasteiger partial charge in [0.25, 0.3) is 0 Å². The first-order valence-electron chi connectivity index (χ1n) is 10.2. The van der Waals surface area contributed by atoms with Gasteiger partial charge in [0.05, 0.1) is 34.8 Å². The number of fused-ring (bicyclic) bond motifs is 2. The predicted octanol–water partition coefficient (Wildman–Crippen LogP) is 6.15. The van der Waals surface area contributed by atoms with Crippen molar-refractivity contribution >= 4 is 33.1 Å². The number of benzene rings is 1. The van der Waals surface area contributed by atoms with Crippen molar-refractivity contribution in [1.82, 2.24) is 25.1 Å². The highest BCUT2D eigenvalue weighted by atomic mass is 19.1. The number of pyridine rings is 2. The van der Waals surface area contributed by atoms with Gasteiger partial charge in [0, 0.05) is 34.4 Å². The minimum atomic E-state index is -0.278. The number of aliphatic imine (C=N–C) groups is 1. The molecule has 158 valence electrons. The summed E-state index contributed by atoms with van der Waals surface area (Å²) < 4.78 is 13.8. The molecule has 0 radical (unpaired) electrons. The molecule has 5 rings (SSSR count). The van der Waals surface area contributed by atoms with Crippen LogP contribution in [-0.2, 0) is 0 Å². The molecule has 0 atom stereocenters. The first-order valence-corrected chi connectivity index (χ1v) is 10.2. The van der Waals surface area contributed by atoms with Crippen molar-refractivity contribution in [3.05, 3.63) is 72.7 Å². The van der Waals surface area contributed by atoms with E-state index in [4.69, 9.17) is 0 Å². The minimum Gasteiger partial charge on any atom is -0.352 e. The Kier molecular flexibility index (Phi) is 4.86. The average molecular weight is 424 g/mol. The third-order valence-electron chi connectivity index (χ3n) is 5.30. The first kappa shape index (κ1) is 19.8. The Bertz CT molecular complexity index is 1520. The van der Waals surface area contributed by atoms with E-state index in [9.17, 15) is 4.39 Å². The fraction of sp³-hybridized carbons (Fsp3) is 0.120. The summed E-state index contributed by atoms with van der Waals surface area (Å²) in [6.07, 6.45) is 7.12. The number of nitrogens with zero attached hydrogens (tertiary/aromatic N) is 4. The lowest BCUT2D eigenvalue weighted by Gasteiger charge is -2.02. The maximum atomic E-state index is 13.8. The lowest BCUT2D eigenvalue weighted by molar-refractivity contribution is 0.628. The third-order valence-corrected chi connectivity index (χ3v) is 5.30. The summed E-state index contributed by atoms with van der Waals surface area (Å²) in [5.41, 5.74) is 7.75. The van der Waals surface area contributed by atoms with Crippen LogP contribution < -0.4 is 0 Å². The van der Waals surface area contributed by atoms with E-state index in [1.54, 1.807) is 24.7 Å². The minimum absolute atomic E-state index is 0.278.